The fraction of sp³-hybridized carbons (Fsp3) is 0.167. The third-order valence-electron chi connectivity index (χ3n) is 5.47. The standard InChI is InChI=1S/C24H19BrCl3NO/c1-15-2-4-16(5-3-15)23(14-24(26,27)28,17-6-9-19(30)10-7-17)21-13-29-22-11-8-18(25)12-20(21)22/h2-13,29-30H,14H2,1H3/t23-/m0/s1. The average Bonchev–Trinajstić information content (AvgIpc) is 3.10. The number of aromatic nitrogens is 1. The van der Waals surface area contributed by atoms with E-state index in [1.54, 1.807) is 12.1 Å². The zero-order chi connectivity index (χ0) is 21.5. The Balaban J connectivity index is 2.11. The molecule has 3 aromatic carbocycles. The topological polar surface area (TPSA) is 36.0 Å². The van der Waals surface area contributed by atoms with Crippen molar-refractivity contribution in [1.29, 1.82) is 0 Å². The molecule has 0 bridgehead atoms. The summed E-state index contributed by atoms with van der Waals surface area (Å²) in [6, 6.07) is 21.5. The van der Waals surface area contributed by atoms with Gasteiger partial charge < -0.3 is 10.1 Å². The zero-order valence-electron chi connectivity index (χ0n) is 16.1. The largest absolute Gasteiger partial charge is 0.508 e. The van der Waals surface area contributed by atoms with Gasteiger partial charge >= 0.3 is 0 Å². The summed E-state index contributed by atoms with van der Waals surface area (Å²) in [6.45, 7) is 2.05. The first kappa shape index (κ1) is 21.6. The molecule has 0 saturated carbocycles. The number of hydrogen-bond acceptors (Lipinski definition) is 1. The van der Waals surface area contributed by atoms with Crippen LogP contribution in [0.4, 0.5) is 0 Å². The molecule has 2 N–H and O–H groups in total. The van der Waals surface area contributed by atoms with E-state index in [9.17, 15) is 5.11 Å². The van der Waals surface area contributed by atoms with Crippen LogP contribution in [0.5, 0.6) is 5.75 Å². The van der Waals surface area contributed by atoms with Crippen LogP contribution in [0.25, 0.3) is 10.9 Å². The lowest BCUT2D eigenvalue weighted by atomic mass is 9.67. The van der Waals surface area contributed by atoms with Gasteiger partial charge in [-0.1, -0.05) is 92.7 Å². The van der Waals surface area contributed by atoms with Gasteiger partial charge in [0.05, 0.1) is 5.41 Å². The van der Waals surface area contributed by atoms with E-state index in [1.807, 2.05) is 37.4 Å². The molecule has 0 aliphatic carbocycles. The van der Waals surface area contributed by atoms with Crippen LogP contribution in [-0.2, 0) is 5.41 Å². The fourth-order valence-electron chi connectivity index (χ4n) is 4.11. The van der Waals surface area contributed by atoms with Crippen molar-refractivity contribution in [3.63, 3.8) is 0 Å². The summed E-state index contributed by atoms with van der Waals surface area (Å²) in [7, 11) is 0. The van der Waals surface area contributed by atoms with E-state index in [0.29, 0.717) is 0 Å². The maximum atomic E-state index is 9.91. The first-order valence-electron chi connectivity index (χ1n) is 9.39. The summed E-state index contributed by atoms with van der Waals surface area (Å²) in [5, 5.41) is 10.9. The summed E-state index contributed by atoms with van der Waals surface area (Å²) in [6.07, 6.45) is 2.21. The Morgan fingerprint density at radius 3 is 2.10 bits per heavy atom. The van der Waals surface area contributed by atoms with Gasteiger partial charge in [0.1, 0.15) is 5.75 Å². The Bertz CT molecular complexity index is 1130. The predicted octanol–water partition coefficient (Wildman–Crippen LogP) is 8.04. The van der Waals surface area contributed by atoms with Gasteiger partial charge in [0.25, 0.3) is 0 Å². The number of H-pyrrole nitrogens is 1. The quantitative estimate of drug-likeness (QED) is 0.261. The molecule has 1 aromatic heterocycles. The van der Waals surface area contributed by atoms with Crippen LogP contribution in [0.2, 0.25) is 0 Å². The van der Waals surface area contributed by atoms with Crippen LogP contribution in [0, 0.1) is 6.92 Å². The zero-order valence-corrected chi connectivity index (χ0v) is 19.9. The summed E-state index contributed by atoms with van der Waals surface area (Å²) in [5.74, 6) is 0.187. The Hall–Kier alpha value is -1.65. The number of hydrogen-bond donors (Lipinski definition) is 2. The molecule has 2 nitrogen and oxygen atoms in total. The molecule has 0 spiro atoms. The third-order valence-corrected chi connectivity index (χ3v) is 6.37. The maximum absolute atomic E-state index is 9.91. The van der Waals surface area contributed by atoms with Gasteiger partial charge in [0.2, 0.25) is 0 Å². The monoisotopic (exact) mass is 521 g/mol. The van der Waals surface area contributed by atoms with Crippen LogP contribution in [0.3, 0.4) is 0 Å². The molecule has 4 rings (SSSR count). The molecule has 0 aliphatic heterocycles. The molecule has 6 heteroatoms. The molecule has 30 heavy (non-hydrogen) atoms. The Morgan fingerprint density at radius 1 is 0.900 bits per heavy atom. The molecule has 1 atom stereocenters. The van der Waals surface area contributed by atoms with E-state index in [-0.39, 0.29) is 12.2 Å². The molecule has 0 amide bonds. The van der Waals surface area contributed by atoms with Crippen molar-refractivity contribution in [2.45, 2.75) is 22.6 Å². The van der Waals surface area contributed by atoms with E-state index in [1.165, 1.54) is 0 Å². The Labute approximate surface area is 198 Å². The van der Waals surface area contributed by atoms with Crippen molar-refractivity contribution in [2.24, 2.45) is 0 Å². The van der Waals surface area contributed by atoms with E-state index >= 15 is 0 Å². The van der Waals surface area contributed by atoms with Crippen LogP contribution in [0.15, 0.2) is 77.4 Å². The number of nitrogens with one attached hydrogen (secondary N) is 1. The Kier molecular flexibility index (Phi) is 5.84. The number of aromatic amines is 1. The first-order chi connectivity index (χ1) is 14.2. The van der Waals surface area contributed by atoms with Crippen molar-refractivity contribution in [3.05, 3.63) is 99.7 Å². The summed E-state index contributed by atoms with van der Waals surface area (Å²) in [4.78, 5) is 3.37. The smallest absolute Gasteiger partial charge is 0.192 e. The van der Waals surface area contributed by atoms with Gasteiger partial charge in [-0.15, -0.1) is 0 Å². The highest BCUT2D eigenvalue weighted by Gasteiger charge is 2.44. The molecular formula is C24H19BrCl3NO. The summed E-state index contributed by atoms with van der Waals surface area (Å²) in [5.41, 5.74) is 4.31. The van der Waals surface area contributed by atoms with Crippen molar-refractivity contribution in [1.82, 2.24) is 4.98 Å². The van der Waals surface area contributed by atoms with E-state index in [4.69, 9.17) is 34.8 Å². The fourth-order valence-corrected chi connectivity index (χ4v) is 5.07. The van der Waals surface area contributed by atoms with E-state index in [2.05, 4.69) is 51.2 Å². The normalized spacial score (nSPS) is 14.0. The van der Waals surface area contributed by atoms with Crippen molar-refractivity contribution in [3.8, 4) is 5.75 Å². The SMILES string of the molecule is Cc1ccc([C@@](CC(Cl)(Cl)Cl)(c2ccc(O)cc2)c2c[nH]c3ccc(Br)cc23)cc1. The van der Waals surface area contributed by atoms with Crippen molar-refractivity contribution in [2.75, 3.05) is 0 Å². The molecule has 0 unspecified atom stereocenters. The molecule has 0 fully saturated rings. The second-order valence-corrected chi connectivity index (χ2v) is 10.9. The average molecular weight is 524 g/mol. The lowest BCUT2D eigenvalue weighted by Crippen LogP contribution is -2.34. The first-order valence-corrected chi connectivity index (χ1v) is 11.3. The van der Waals surface area contributed by atoms with Gasteiger partial charge in [0, 0.05) is 28.0 Å². The van der Waals surface area contributed by atoms with Gasteiger partial charge in [-0.25, -0.2) is 0 Å². The van der Waals surface area contributed by atoms with E-state index in [0.717, 1.165) is 37.6 Å². The minimum absolute atomic E-state index is 0.187. The highest BCUT2D eigenvalue weighted by Crippen LogP contribution is 2.51. The molecular weight excluding hydrogens is 505 g/mol. The minimum Gasteiger partial charge on any atom is -0.508 e. The van der Waals surface area contributed by atoms with Gasteiger partial charge in [-0.05, 0) is 53.9 Å². The van der Waals surface area contributed by atoms with Crippen LogP contribution < -0.4 is 0 Å². The third kappa shape index (κ3) is 4.09. The van der Waals surface area contributed by atoms with Crippen LogP contribution in [-0.4, -0.2) is 13.9 Å². The van der Waals surface area contributed by atoms with Crippen molar-refractivity contribution >= 4 is 61.6 Å². The number of alkyl halides is 3. The number of aryl methyl sites for hydroxylation is 1. The second-order valence-electron chi connectivity index (χ2n) is 7.50. The Morgan fingerprint density at radius 2 is 1.50 bits per heavy atom. The lowest BCUT2D eigenvalue weighted by molar-refractivity contribution is 0.474. The van der Waals surface area contributed by atoms with Gasteiger partial charge in [0.15, 0.2) is 3.79 Å². The molecule has 154 valence electrons. The van der Waals surface area contributed by atoms with Crippen LogP contribution >= 0.6 is 50.7 Å². The number of phenolic OH excluding ortho intramolecular Hbond substituents is 1. The van der Waals surface area contributed by atoms with Gasteiger partial charge in [-0.3, -0.25) is 0 Å². The van der Waals surface area contributed by atoms with Crippen molar-refractivity contribution < 1.29 is 5.11 Å². The minimum atomic E-state index is -1.52. The molecule has 0 radical (unpaired) electrons. The number of aromatic hydroxyl groups is 1. The summed E-state index contributed by atoms with van der Waals surface area (Å²) >= 11 is 22.9. The number of benzene rings is 3. The molecule has 4 aromatic rings. The molecule has 0 saturated heterocycles. The number of phenols is 1. The predicted molar refractivity (Wildman–Crippen MR) is 130 cm³/mol. The van der Waals surface area contributed by atoms with Gasteiger partial charge in [-0.2, -0.15) is 0 Å². The molecule has 0 aliphatic rings. The van der Waals surface area contributed by atoms with Crippen LogP contribution in [0.1, 0.15) is 28.7 Å². The van der Waals surface area contributed by atoms with E-state index < -0.39 is 9.21 Å². The highest BCUT2D eigenvalue weighted by atomic mass is 79.9. The second kappa shape index (κ2) is 8.12. The maximum Gasteiger partial charge on any atom is 0.192 e. The number of rotatable bonds is 4. The molecule has 1 heterocycles. The number of fused-ring (bicyclic) bond motifs is 1. The summed E-state index contributed by atoms with van der Waals surface area (Å²) < 4.78 is -0.550. The number of halogens is 4. The lowest BCUT2D eigenvalue weighted by Gasteiger charge is -2.38. The highest BCUT2D eigenvalue weighted by molar-refractivity contribution is 9.10.